The molecular formula is C105H70N6O2. The third-order valence-electron chi connectivity index (χ3n) is 23.8. The highest BCUT2D eigenvalue weighted by Gasteiger charge is 2.34. The number of hydrogen-bond acceptors (Lipinski definition) is 8. The predicted molar refractivity (Wildman–Crippen MR) is 475 cm³/mol. The molecule has 0 spiro atoms. The number of benzene rings is 15. The van der Waals surface area contributed by atoms with Crippen molar-refractivity contribution in [2.75, 3.05) is 37.6 Å². The number of anilines is 7. The molecule has 0 saturated heterocycles. The number of furan rings is 2. The molecule has 15 aromatic carbocycles. The molecule has 18 aromatic rings. The monoisotopic (exact) mass is 1450 g/mol. The summed E-state index contributed by atoms with van der Waals surface area (Å²) in [5, 5.41) is 19.6. The highest BCUT2D eigenvalue weighted by molar-refractivity contribution is 6.38. The topological polar surface area (TPSA) is 55.4 Å². The Morgan fingerprint density at radius 1 is 0.363 bits per heavy atom. The zero-order valence-corrected chi connectivity index (χ0v) is 61.5. The van der Waals surface area contributed by atoms with Crippen LogP contribution in [-0.4, -0.2) is 24.1 Å². The average Bonchev–Trinajstić information content (AvgIpc) is 1.64. The van der Waals surface area contributed by atoms with Crippen LogP contribution in [0.4, 0.5) is 39.8 Å². The highest BCUT2D eigenvalue weighted by atomic mass is 16.3. The zero-order valence-electron chi connectivity index (χ0n) is 61.5. The molecule has 0 bridgehead atoms. The molecule has 3 aromatic heterocycles. The molecule has 0 amide bonds. The van der Waals surface area contributed by atoms with Gasteiger partial charge in [0.25, 0.3) is 0 Å². The van der Waals surface area contributed by atoms with Crippen molar-refractivity contribution < 1.29 is 8.83 Å². The van der Waals surface area contributed by atoms with Gasteiger partial charge in [-0.15, -0.1) is 0 Å². The Hall–Kier alpha value is -14.7. The van der Waals surface area contributed by atoms with Crippen LogP contribution in [0.15, 0.2) is 404 Å². The van der Waals surface area contributed by atoms with E-state index in [2.05, 4.69) is 406 Å². The van der Waals surface area contributed by atoms with Gasteiger partial charge >= 0.3 is 0 Å². The van der Waals surface area contributed by atoms with Gasteiger partial charge in [-0.25, -0.2) is 0 Å². The second-order valence-electron chi connectivity index (χ2n) is 30.0. The normalized spacial score (nSPS) is 16.1. The lowest BCUT2D eigenvalue weighted by Gasteiger charge is -2.35. The largest absolute Gasteiger partial charge is 0.455 e. The van der Waals surface area contributed by atoms with Crippen LogP contribution in [0.5, 0.6) is 0 Å². The van der Waals surface area contributed by atoms with Crippen molar-refractivity contribution in [3.63, 3.8) is 0 Å². The van der Waals surface area contributed by atoms with E-state index in [0.29, 0.717) is 6.54 Å². The lowest BCUT2D eigenvalue weighted by molar-refractivity contribution is 0.665. The van der Waals surface area contributed by atoms with Crippen molar-refractivity contribution in [1.82, 2.24) is 4.98 Å². The van der Waals surface area contributed by atoms with E-state index in [1.165, 1.54) is 49.4 Å². The van der Waals surface area contributed by atoms with Gasteiger partial charge in [0, 0.05) is 117 Å². The quantitative estimate of drug-likeness (QED) is 0.0938. The summed E-state index contributed by atoms with van der Waals surface area (Å²) in [4.78, 5) is 16.7. The fraction of sp³-hybridized carbons (Fsp3) is 0.0381. The third kappa shape index (κ3) is 10.3. The first-order valence-corrected chi connectivity index (χ1v) is 38.9. The minimum atomic E-state index is -0.209. The van der Waals surface area contributed by atoms with Gasteiger partial charge in [-0.05, 0) is 190 Å². The predicted octanol–water partition coefficient (Wildman–Crippen LogP) is 27.3. The van der Waals surface area contributed by atoms with Crippen LogP contribution in [0.1, 0.15) is 22.7 Å². The third-order valence-corrected chi connectivity index (χ3v) is 23.8. The van der Waals surface area contributed by atoms with Gasteiger partial charge in [0.05, 0.1) is 40.2 Å². The fourth-order valence-corrected chi connectivity index (χ4v) is 18.7. The summed E-state index contributed by atoms with van der Waals surface area (Å²) >= 11 is 0. The maximum Gasteiger partial charge on any atom is 0.159 e. The van der Waals surface area contributed by atoms with E-state index in [1.807, 2.05) is 12.4 Å². The molecule has 4 aliphatic heterocycles. The van der Waals surface area contributed by atoms with Crippen LogP contribution >= 0.6 is 0 Å². The Morgan fingerprint density at radius 2 is 1.02 bits per heavy atom. The van der Waals surface area contributed by atoms with Crippen LogP contribution in [0.3, 0.4) is 0 Å². The van der Waals surface area contributed by atoms with Crippen molar-refractivity contribution in [2.24, 2.45) is 0 Å². The van der Waals surface area contributed by atoms with Gasteiger partial charge in [0.15, 0.2) is 5.58 Å². The zero-order chi connectivity index (χ0) is 74.2. The lowest BCUT2D eigenvalue weighted by atomic mass is 9.85. The van der Waals surface area contributed by atoms with E-state index >= 15 is 0 Å². The Balaban J connectivity index is 0.891. The molecule has 8 nitrogen and oxygen atoms in total. The molecule has 113 heavy (non-hydrogen) atoms. The second-order valence-corrected chi connectivity index (χ2v) is 30.0. The van der Waals surface area contributed by atoms with Gasteiger partial charge in [-0.2, -0.15) is 0 Å². The first-order valence-electron chi connectivity index (χ1n) is 38.9. The molecule has 0 saturated carbocycles. The van der Waals surface area contributed by atoms with Gasteiger partial charge in [-0.1, -0.05) is 249 Å². The van der Waals surface area contributed by atoms with E-state index in [0.717, 1.165) is 161 Å². The fourth-order valence-electron chi connectivity index (χ4n) is 18.7. The molecule has 0 radical (unpaired) electrons. The van der Waals surface area contributed by atoms with E-state index in [9.17, 15) is 0 Å². The number of aromatic nitrogens is 1. The molecule has 2 unspecified atom stereocenters. The number of fused-ring (bicyclic) bond motifs is 17. The van der Waals surface area contributed by atoms with E-state index in [4.69, 9.17) is 8.83 Å². The van der Waals surface area contributed by atoms with Crippen molar-refractivity contribution in [3.05, 3.63) is 411 Å². The van der Waals surface area contributed by atoms with Crippen molar-refractivity contribution >= 4 is 170 Å². The number of nitrogens with zero attached hydrogens (tertiary/aromatic N) is 6. The molecular weight excluding hydrogens is 1380 g/mol. The molecule has 1 aliphatic carbocycles. The Labute approximate surface area is 652 Å². The number of allylic oxidation sites excluding steroid dienone is 10. The van der Waals surface area contributed by atoms with Crippen molar-refractivity contribution in [3.8, 4) is 11.1 Å². The summed E-state index contributed by atoms with van der Waals surface area (Å²) in [6.07, 6.45) is 41.6. The Kier molecular flexibility index (Phi) is 14.8. The number of rotatable bonds is 11. The van der Waals surface area contributed by atoms with Gasteiger partial charge < -0.3 is 33.3 Å². The molecule has 5 aliphatic rings. The van der Waals surface area contributed by atoms with Gasteiger partial charge in [0.1, 0.15) is 16.7 Å². The van der Waals surface area contributed by atoms with Crippen LogP contribution in [-0.2, 0) is 0 Å². The van der Waals surface area contributed by atoms with Crippen LogP contribution in [0.2, 0.25) is 0 Å². The van der Waals surface area contributed by atoms with Crippen LogP contribution in [0, 0.1) is 0 Å². The van der Waals surface area contributed by atoms with Gasteiger partial charge in [-0.3, -0.25) is 4.98 Å². The van der Waals surface area contributed by atoms with Crippen molar-refractivity contribution in [2.45, 2.75) is 12.1 Å². The summed E-state index contributed by atoms with van der Waals surface area (Å²) in [6, 6.07) is 101. The Morgan fingerprint density at radius 3 is 1.79 bits per heavy atom. The molecule has 7 heterocycles. The molecule has 532 valence electrons. The second kappa shape index (κ2) is 26.0. The van der Waals surface area contributed by atoms with Crippen LogP contribution < -0.4 is 24.5 Å². The average molecular weight is 1450 g/mol. The summed E-state index contributed by atoms with van der Waals surface area (Å²) in [6.45, 7) is 1.34. The van der Waals surface area contributed by atoms with E-state index < -0.39 is 0 Å². The number of hydrogen-bond donors (Lipinski definition) is 0. The lowest BCUT2D eigenvalue weighted by Crippen LogP contribution is -2.33. The van der Waals surface area contributed by atoms with Gasteiger partial charge in [0.2, 0.25) is 0 Å². The standard InChI is InChI=1S/C105H70N6O2/c1-4-25-67(26-5-1)74-33-24-56-108(66-74)93-65-88-92(111(78-44-43-68-27-8-9-30-71(68)60-78)103-85-39-16-14-37-83(85)99(84-38-15-17-40-86(84)103)98-80-34-12-10-31-72(80)59-73-32-11-13-35-81(73)98)61-75-62-94(110-57-23-20-41-90(110)70-49-52-106-53-50-70)104-101(87-47-45-76(64-96(87)113-104)107-54-21-3-22-55-107)97(75)102(88)105-100(93)89-63-77(46-48-95(89)112-105)109-58-51-79(69-28-6-2-7-29-69)82-36-18-19-42-91(82)109/h1-54,57-66,90-91H,55-56H2. The highest BCUT2D eigenvalue weighted by Crippen LogP contribution is 2.58. The van der Waals surface area contributed by atoms with Crippen molar-refractivity contribution in [1.29, 1.82) is 0 Å². The summed E-state index contributed by atoms with van der Waals surface area (Å²) in [7, 11) is 0. The van der Waals surface area contributed by atoms with E-state index in [1.54, 1.807) is 0 Å². The first-order chi connectivity index (χ1) is 56.1. The SMILES string of the molecule is C1=CCN(c2ccc3c(c2)oc2c(N4C=CC=CC4c4ccncc4)cc4cc(N(c5ccc6ccccc6c5)c5c6ccccc6c(-c6c7ccccc7cc7ccccc67)c6ccccc56)c5cc(N6C=C(c7ccccc7)C=CC6)c6c7cc(N8C=CC(c9ccccc9)=C9C=CC=CC98)ccc7oc6c5c4c23)C=C1. The molecule has 0 fully saturated rings. The smallest absolute Gasteiger partial charge is 0.159 e. The minimum absolute atomic E-state index is 0.0666. The minimum Gasteiger partial charge on any atom is -0.455 e. The number of pyridine rings is 1. The molecule has 8 heteroatoms. The molecule has 23 rings (SSSR count). The maximum atomic E-state index is 8.03. The summed E-state index contributed by atoms with van der Waals surface area (Å²) < 4.78 is 15.7. The summed E-state index contributed by atoms with van der Waals surface area (Å²) in [5.74, 6) is 0. The maximum absolute atomic E-state index is 8.03. The summed E-state index contributed by atoms with van der Waals surface area (Å²) in [5.41, 5.74) is 19.5. The van der Waals surface area contributed by atoms with Crippen LogP contribution in [0.25, 0.3) is 142 Å². The molecule has 0 N–H and O–H groups in total. The first kappa shape index (κ1) is 64.3. The van der Waals surface area contributed by atoms with E-state index in [-0.39, 0.29) is 12.1 Å². The Bertz CT molecular complexity index is 7300. The molecule has 2 atom stereocenters.